The van der Waals surface area contributed by atoms with Crippen molar-refractivity contribution >= 4 is 11.8 Å². The number of rotatable bonds is 5. The number of nitrogens with one attached hydrogen (secondary N) is 5. The Labute approximate surface area is 141 Å². The Bertz CT molecular complexity index is 580. The molecule has 24 heavy (non-hydrogen) atoms. The molecule has 3 rings (SSSR count). The van der Waals surface area contributed by atoms with E-state index in [1.165, 1.54) is 0 Å². The fourth-order valence-corrected chi connectivity index (χ4v) is 3.28. The summed E-state index contributed by atoms with van der Waals surface area (Å²) in [5.74, 6) is -0.115. The smallest absolute Gasteiger partial charge is 0.242 e. The van der Waals surface area contributed by atoms with Gasteiger partial charge in [-0.15, -0.1) is 0 Å². The number of carbonyl (C=O) groups excluding carboxylic acids is 2. The molecule has 0 radical (unpaired) electrons. The molecule has 5 N–H and O–H groups in total. The maximum absolute atomic E-state index is 12.5. The van der Waals surface area contributed by atoms with Gasteiger partial charge in [0.25, 0.3) is 0 Å². The van der Waals surface area contributed by atoms with Crippen LogP contribution in [0.25, 0.3) is 0 Å². The standard InChI is InChI=1S/C17H25N5O2/c1-11(16(23)19-9-12-5-3-2-4-6-12)20-17(24)15-13-10-18-8-7-14(13)21-22-15/h2-6,11,13-15,18,21-22H,7-10H2,1H3,(H,19,23)(H,20,24). The van der Waals surface area contributed by atoms with Gasteiger partial charge in [0, 0.05) is 25.0 Å². The molecule has 2 amide bonds. The molecule has 4 unspecified atom stereocenters. The van der Waals surface area contributed by atoms with E-state index in [0.29, 0.717) is 12.6 Å². The topological polar surface area (TPSA) is 94.3 Å². The van der Waals surface area contributed by atoms with Crippen LogP contribution in [0.3, 0.4) is 0 Å². The van der Waals surface area contributed by atoms with E-state index in [-0.39, 0.29) is 23.8 Å². The first kappa shape index (κ1) is 16.9. The van der Waals surface area contributed by atoms with E-state index in [1.807, 2.05) is 30.3 Å². The molecule has 130 valence electrons. The van der Waals surface area contributed by atoms with E-state index < -0.39 is 6.04 Å². The fourth-order valence-electron chi connectivity index (χ4n) is 3.28. The molecule has 1 aromatic rings. The molecule has 0 aliphatic carbocycles. The van der Waals surface area contributed by atoms with Gasteiger partial charge in [0.05, 0.1) is 0 Å². The number of hydrogen-bond acceptors (Lipinski definition) is 5. The number of fused-ring (bicyclic) bond motifs is 1. The average molecular weight is 331 g/mol. The van der Waals surface area contributed by atoms with E-state index in [1.54, 1.807) is 6.92 Å². The van der Waals surface area contributed by atoms with Crippen molar-refractivity contribution in [2.45, 2.75) is 38.0 Å². The van der Waals surface area contributed by atoms with Gasteiger partial charge in [0.1, 0.15) is 12.1 Å². The van der Waals surface area contributed by atoms with Crippen LogP contribution in [0.5, 0.6) is 0 Å². The van der Waals surface area contributed by atoms with Gasteiger partial charge in [0.2, 0.25) is 11.8 Å². The Hall–Kier alpha value is -1.96. The number of piperidine rings is 1. The molecular weight excluding hydrogens is 306 g/mol. The van der Waals surface area contributed by atoms with E-state index >= 15 is 0 Å². The van der Waals surface area contributed by atoms with Crippen LogP contribution in [0.4, 0.5) is 0 Å². The van der Waals surface area contributed by atoms with Gasteiger partial charge in [-0.05, 0) is 25.5 Å². The summed E-state index contributed by atoms with van der Waals surface area (Å²) in [4.78, 5) is 24.6. The molecular formula is C17H25N5O2. The van der Waals surface area contributed by atoms with Crippen molar-refractivity contribution in [1.29, 1.82) is 0 Å². The van der Waals surface area contributed by atoms with Crippen LogP contribution in [-0.4, -0.2) is 43.0 Å². The molecule has 1 aromatic carbocycles. The van der Waals surface area contributed by atoms with Crippen molar-refractivity contribution < 1.29 is 9.59 Å². The van der Waals surface area contributed by atoms with Crippen molar-refractivity contribution in [1.82, 2.24) is 26.8 Å². The van der Waals surface area contributed by atoms with Crippen molar-refractivity contribution in [3.8, 4) is 0 Å². The zero-order chi connectivity index (χ0) is 16.9. The number of benzene rings is 1. The van der Waals surface area contributed by atoms with Gasteiger partial charge in [-0.1, -0.05) is 30.3 Å². The molecule has 7 heteroatoms. The molecule has 0 aromatic heterocycles. The third-order valence-electron chi connectivity index (χ3n) is 4.73. The zero-order valence-corrected chi connectivity index (χ0v) is 13.8. The Balaban J connectivity index is 1.47. The number of carbonyl (C=O) groups is 2. The Morgan fingerprint density at radius 2 is 2.04 bits per heavy atom. The predicted molar refractivity (Wildman–Crippen MR) is 90.7 cm³/mol. The molecule has 2 saturated heterocycles. The number of hydrazine groups is 1. The molecule has 0 saturated carbocycles. The lowest BCUT2D eigenvalue weighted by Crippen LogP contribution is -2.53. The Morgan fingerprint density at radius 3 is 2.83 bits per heavy atom. The summed E-state index contributed by atoms with van der Waals surface area (Å²) in [6.45, 7) is 3.93. The third-order valence-corrected chi connectivity index (χ3v) is 4.73. The van der Waals surface area contributed by atoms with E-state index in [9.17, 15) is 9.59 Å². The lowest BCUT2D eigenvalue weighted by molar-refractivity contribution is -0.130. The van der Waals surface area contributed by atoms with Gasteiger partial charge in [-0.25, -0.2) is 5.43 Å². The lowest BCUT2D eigenvalue weighted by atomic mass is 9.89. The minimum Gasteiger partial charge on any atom is -0.350 e. The van der Waals surface area contributed by atoms with Gasteiger partial charge >= 0.3 is 0 Å². The molecule has 0 bridgehead atoms. The van der Waals surface area contributed by atoms with Crippen molar-refractivity contribution in [2.75, 3.05) is 13.1 Å². The van der Waals surface area contributed by atoms with Gasteiger partial charge in [-0.2, -0.15) is 0 Å². The predicted octanol–water partition coefficient (Wildman–Crippen LogP) is -0.738. The Kier molecular flexibility index (Phi) is 5.44. The highest BCUT2D eigenvalue weighted by molar-refractivity contribution is 5.89. The first-order chi connectivity index (χ1) is 11.6. The lowest BCUT2D eigenvalue weighted by Gasteiger charge is -2.28. The molecule has 0 spiro atoms. The fraction of sp³-hybridized carbons (Fsp3) is 0.529. The second-order valence-electron chi connectivity index (χ2n) is 6.46. The van der Waals surface area contributed by atoms with Crippen molar-refractivity contribution in [2.24, 2.45) is 5.92 Å². The normalized spacial score (nSPS) is 27.1. The maximum atomic E-state index is 12.5. The van der Waals surface area contributed by atoms with Crippen LogP contribution in [0, 0.1) is 5.92 Å². The van der Waals surface area contributed by atoms with Crippen LogP contribution in [-0.2, 0) is 16.1 Å². The second-order valence-corrected chi connectivity index (χ2v) is 6.46. The zero-order valence-electron chi connectivity index (χ0n) is 13.8. The van der Waals surface area contributed by atoms with E-state index in [0.717, 1.165) is 25.1 Å². The highest BCUT2D eigenvalue weighted by Crippen LogP contribution is 2.20. The van der Waals surface area contributed by atoms with Crippen molar-refractivity contribution in [3.63, 3.8) is 0 Å². The minimum absolute atomic E-state index is 0.138. The minimum atomic E-state index is -0.571. The molecule has 4 atom stereocenters. The van der Waals surface area contributed by atoms with Gasteiger partial charge in [0.15, 0.2) is 0 Å². The van der Waals surface area contributed by atoms with Crippen molar-refractivity contribution in [3.05, 3.63) is 35.9 Å². The summed E-state index contributed by atoms with van der Waals surface area (Å²) >= 11 is 0. The molecule has 7 nitrogen and oxygen atoms in total. The van der Waals surface area contributed by atoms with Gasteiger partial charge < -0.3 is 16.0 Å². The number of hydrogen-bond donors (Lipinski definition) is 5. The summed E-state index contributed by atoms with van der Waals surface area (Å²) in [5, 5.41) is 8.97. The summed E-state index contributed by atoms with van der Waals surface area (Å²) < 4.78 is 0. The van der Waals surface area contributed by atoms with E-state index in [4.69, 9.17) is 0 Å². The van der Waals surface area contributed by atoms with Crippen LogP contribution < -0.4 is 26.8 Å². The highest BCUT2D eigenvalue weighted by Gasteiger charge is 2.41. The third kappa shape index (κ3) is 3.92. The monoisotopic (exact) mass is 331 g/mol. The van der Waals surface area contributed by atoms with Crippen LogP contribution in [0.2, 0.25) is 0 Å². The SMILES string of the molecule is CC(NC(=O)C1NNC2CCNCC21)C(=O)NCc1ccccc1. The first-order valence-electron chi connectivity index (χ1n) is 8.49. The average Bonchev–Trinajstić information content (AvgIpc) is 3.04. The second kappa shape index (κ2) is 7.74. The van der Waals surface area contributed by atoms with Crippen LogP contribution in [0.15, 0.2) is 30.3 Å². The van der Waals surface area contributed by atoms with Crippen LogP contribution >= 0.6 is 0 Å². The quantitative estimate of drug-likeness (QED) is 0.490. The molecule has 2 aliphatic heterocycles. The number of amides is 2. The maximum Gasteiger partial charge on any atom is 0.242 e. The van der Waals surface area contributed by atoms with Crippen LogP contribution in [0.1, 0.15) is 18.9 Å². The first-order valence-corrected chi connectivity index (χ1v) is 8.49. The Morgan fingerprint density at radius 1 is 1.25 bits per heavy atom. The summed E-state index contributed by atoms with van der Waals surface area (Å²) in [6, 6.07) is 9.13. The summed E-state index contributed by atoms with van der Waals surface area (Å²) in [6.07, 6.45) is 0.995. The summed E-state index contributed by atoms with van der Waals surface area (Å²) in [7, 11) is 0. The molecule has 2 fully saturated rings. The molecule has 2 heterocycles. The molecule has 2 aliphatic rings. The van der Waals surface area contributed by atoms with Gasteiger partial charge in [-0.3, -0.25) is 15.0 Å². The highest BCUT2D eigenvalue weighted by atomic mass is 16.2. The summed E-state index contributed by atoms with van der Waals surface area (Å²) in [5.41, 5.74) is 7.28. The van der Waals surface area contributed by atoms with E-state index in [2.05, 4.69) is 26.8 Å². The largest absolute Gasteiger partial charge is 0.350 e.